The molecule has 1 aromatic carbocycles. The van der Waals surface area contributed by atoms with E-state index in [0.717, 1.165) is 11.8 Å². The molecular formula is C11H7F6N3S. The van der Waals surface area contributed by atoms with Crippen LogP contribution in [0.1, 0.15) is 16.7 Å². The van der Waals surface area contributed by atoms with E-state index in [4.69, 9.17) is 0 Å². The molecule has 3 nitrogen and oxygen atoms in total. The van der Waals surface area contributed by atoms with Gasteiger partial charge in [0.15, 0.2) is 5.16 Å². The molecule has 0 fully saturated rings. The number of aromatic amines is 1. The number of aromatic nitrogens is 3. The molecule has 0 atom stereocenters. The second kappa shape index (κ2) is 5.58. The van der Waals surface area contributed by atoms with Crippen molar-refractivity contribution in [3.8, 4) is 0 Å². The molecule has 1 aromatic heterocycles. The maximum Gasteiger partial charge on any atom is 0.416 e. The van der Waals surface area contributed by atoms with Crippen LogP contribution < -0.4 is 0 Å². The van der Waals surface area contributed by atoms with Crippen molar-refractivity contribution in [1.29, 1.82) is 0 Å². The zero-order valence-electron chi connectivity index (χ0n) is 10.1. The van der Waals surface area contributed by atoms with Crippen molar-refractivity contribution < 1.29 is 26.3 Å². The zero-order chi connectivity index (χ0) is 15.7. The molecule has 2 rings (SSSR count). The summed E-state index contributed by atoms with van der Waals surface area (Å²) >= 11 is 0.955. The van der Waals surface area contributed by atoms with E-state index in [1.165, 1.54) is 6.33 Å². The van der Waals surface area contributed by atoms with Gasteiger partial charge in [-0.15, -0.1) is 0 Å². The molecule has 1 N–H and O–H groups in total. The van der Waals surface area contributed by atoms with Crippen molar-refractivity contribution >= 4 is 11.8 Å². The Morgan fingerprint density at radius 2 is 1.52 bits per heavy atom. The lowest BCUT2D eigenvalue weighted by Gasteiger charge is -2.13. The molecule has 21 heavy (non-hydrogen) atoms. The van der Waals surface area contributed by atoms with Gasteiger partial charge in [-0.2, -0.15) is 31.4 Å². The minimum atomic E-state index is -4.84. The fourth-order valence-corrected chi connectivity index (χ4v) is 2.23. The Kier molecular flexibility index (Phi) is 4.17. The average molecular weight is 327 g/mol. The molecule has 1 heterocycles. The van der Waals surface area contributed by atoms with Gasteiger partial charge in [-0.05, 0) is 23.8 Å². The fourth-order valence-electron chi connectivity index (χ4n) is 1.52. The Balaban J connectivity index is 2.31. The van der Waals surface area contributed by atoms with Crippen LogP contribution in [0.15, 0.2) is 29.7 Å². The molecule has 0 unspecified atom stereocenters. The van der Waals surface area contributed by atoms with Crippen molar-refractivity contribution in [3.63, 3.8) is 0 Å². The van der Waals surface area contributed by atoms with Crippen molar-refractivity contribution in [1.82, 2.24) is 15.2 Å². The van der Waals surface area contributed by atoms with Crippen LogP contribution >= 0.6 is 11.8 Å². The Morgan fingerprint density at radius 3 is 1.95 bits per heavy atom. The molecule has 0 spiro atoms. The average Bonchev–Trinajstić information content (AvgIpc) is 2.87. The van der Waals surface area contributed by atoms with Crippen molar-refractivity contribution in [2.45, 2.75) is 23.3 Å². The number of thioether (sulfide) groups is 1. The lowest BCUT2D eigenvalue weighted by Crippen LogP contribution is -2.11. The van der Waals surface area contributed by atoms with E-state index in [-0.39, 0.29) is 17.4 Å². The van der Waals surface area contributed by atoms with Gasteiger partial charge in [0.25, 0.3) is 0 Å². The molecule has 0 saturated carbocycles. The Labute approximate surface area is 118 Å². The first-order valence-electron chi connectivity index (χ1n) is 5.43. The van der Waals surface area contributed by atoms with Gasteiger partial charge in [0.1, 0.15) is 6.33 Å². The van der Waals surface area contributed by atoms with Gasteiger partial charge in [0.05, 0.1) is 11.1 Å². The molecular weight excluding hydrogens is 320 g/mol. The van der Waals surface area contributed by atoms with Crippen LogP contribution in [0.2, 0.25) is 0 Å². The first-order chi connectivity index (χ1) is 9.66. The van der Waals surface area contributed by atoms with Gasteiger partial charge in [-0.25, -0.2) is 4.98 Å². The lowest BCUT2D eigenvalue weighted by molar-refractivity contribution is -0.143. The zero-order valence-corrected chi connectivity index (χ0v) is 10.9. The Morgan fingerprint density at radius 1 is 0.952 bits per heavy atom. The monoisotopic (exact) mass is 327 g/mol. The molecule has 10 heteroatoms. The minimum Gasteiger partial charge on any atom is -0.254 e. The highest BCUT2D eigenvalue weighted by Crippen LogP contribution is 2.37. The van der Waals surface area contributed by atoms with E-state index in [1.807, 2.05) is 0 Å². The summed E-state index contributed by atoms with van der Waals surface area (Å²) in [7, 11) is 0. The maximum absolute atomic E-state index is 12.6. The number of benzene rings is 1. The number of nitrogens with zero attached hydrogens (tertiary/aromatic N) is 2. The molecule has 0 radical (unpaired) electrons. The molecule has 114 valence electrons. The van der Waals surface area contributed by atoms with Gasteiger partial charge in [0.2, 0.25) is 0 Å². The van der Waals surface area contributed by atoms with Crippen LogP contribution in [0, 0.1) is 0 Å². The van der Waals surface area contributed by atoms with E-state index in [9.17, 15) is 26.3 Å². The second-order valence-corrected chi connectivity index (χ2v) is 4.96. The smallest absolute Gasteiger partial charge is 0.254 e. The highest BCUT2D eigenvalue weighted by molar-refractivity contribution is 7.98. The number of hydrogen-bond donors (Lipinski definition) is 1. The molecule has 2 aromatic rings. The van der Waals surface area contributed by atoms with Gasteiger partial charge < -0.3 is 0 Å². The number of H-pyrrole nitrogens is 1. The highest BCUT2D eigenvalue weighted by Gasteiger charge is 2.36. The summed E-state index contributed by atoms with van der Waals surface area (Å²) in [6.45, 7) is 0. The molecule has 0 saturated heterocycles. The van der Waals surface area contributed by atoms with Crippen LogP contribution in [0.5, 0.6) is 0 Å². The highest BCUT2D eigenvalue weighted by atomic mass is 32.2. The predicted molar refractivity (Wildman–Crippen MR) is 62.4 cm³/mol. The topological polar surface area (TPSA) is 41.6 Å². The number of nitrogens with one attached hydrogen (secondary N) is 1. The van der Waals surface area contributed by atoms with E-state index in [1.54, 1.807) is 0 Å². The van der Waals surface area contributed by atoms with Crippen LogP contribution in [0.25, 0.3) is 0 Å². The summed E-state index contributed by atoms with van der Waals surface area (Å²) in [6, 6.07) is 1.49. The minimum absolute atomic E-state index is 0.0950. The summed E-state index contributed by atoms with van der Waals surface area (Å²) in [5.74, 6) is -0.0950. The summed E-state index contributed by atoms with van der Waals surface area (Å²) in [5, 5.41) is 6.29. The van der Waals surface area contributed by atoms with Crippen LogP contribution in [0.4, 0.5) is 26.3 Å². The third-order valence-electron chi connectivity index (χ3n) is 2.42. The number of hydrogen-bond acceptors (Lipinski definition) is 3. The summed E-state index contributed by atoms with van der Waals surface area (Å²) in [6.07, 6.45) is -8.49. The van der Waals surface area contributed by atoms with E-state index < -0.39 is 23.5 Å². The van der Waals surface area contributed by atoms with Crippen LogP contribution in [-0.4, -0.2) is 15.2 Å². The predicted octanol–water partition coefficient (Wildman–Crippen LogP) is 4.13. The fraction of sp³-hybridized carbons (Fsp3) is 0.273. The van der Waals surface area contributed by atoms with Gasteiger partial charge in [-0.1, -0.05) is 11.8 Å². The third kappa shape index (κ3) is 4.13. The Hall–Kier alpha value is -1.71. The van der Waals surface area contributed by atoms with Crippen molar-refractivity contribution in [2.24, 2.45) is 0 Å². The molecule has 0 aliphatic carbocycles. The Bertz CT molecular complexity index is 573. The number of halogens is 6. The van der Waals surface area contributed by atoms with E-state index >= 15 is 0 Å². The third-order valence-corrected chi connectivity index (χ3v) is 3.36. The first-order valence-corrected chi connectivity index (χ1v) is 6.41. The number of rotatable bonds is 3. The quantitative estimate of drug-likeness (QED) is 0.681. The normalized spacial score (nSPS) is 12.7. The molecule has 0 bridgehead atoms. The first kappa shape index (κ1) is 15.7. The van der Waals surface area contributed by atoms with Crippen LogP contribution in [-0.2, 0) is 18.1 Å². The summed E-state index contributed by atoms with van der Waals surface area (Å²) in [5.41, 5.74) is -2.76. The second-order valence-electron chi connectivity index (χ2n) is 3.99. The molecule has 0 aliphatic rings. The van der Waals surface area contributed by atoms with E-state index in [0.29, 0.717) is 17.3 Å². The van der Waals surface area contributed by atoms with E-state index in [2.05, 4.69) is 15.2 Å². The van der Waals surface area contributed by atoms with Gasteiger partial charge >= 0.3 is 12.4 Å². The summed E-state index contributed by atoms with van der Waals surface area (Å²) in [4.78, 5) is 3.73. The van der Waals surface area contributed by atoms with Crippen LogP contribution in [0.3, 0.4) is 0 Å². The standard InChI is InChI=1S/C11H7F6N3S/c12-10(13,14)7-1-6(2-8(3-7)11(15,16)17)4-21-9-18-5-19-20-9/h1-3,5H,4H2,(H,18,19,20). The van der Waals surface area contributed by atoms with Gasteiger partial charge in [-0.3, -0.25) is 5.10 Å². The SMILES string of the molecule is FC(F)(F)c1cc(CSc2ncn[nH]2)cc(C(F)(F)F)c1. The molecule has 0 amide bonds. The maximum atomic E-state index is 12.6. The lowest BCUT2D eigenvalue weighted by atomic mass is 10.1. The summed E-state index contributed by atoms with van der Waals surface area (Å²) < 4.78 is 75.9. The number of alkyl halides is 6. The van der Waals surface area contributed by atoms with Gasteiger partial charge in [0, 0.05) is 5.75 Å². The van der Waals surface area contributed by atoms with Crippen molar-refractivity contribution in [2.75, 3.05) is 0 Å². The largest absolute Gasteiger partial charge is 0.416 e. The van der Waals surface area contributed by atoms with Crippen molar-refractivity contribution in [3.05, 3.63) is 41.2 Å². The molecule has 0 aliphatic heterocycles.